The van der Waals surface area contributed by atoms with Crippen molar-refractivity contribution >= 4 is 28.4 Å². The summed E-state index contributed by atoms with van der Waals surface area (Å²) in [5.41, 5.74) is 3.12. The third kappa shape index (κ3) is 4.72. The Balaban J connectivity index is 1.54. The van der Waals surface area contributed by atoms with E-state index < -0.39 is 0 Å². The normalized spacial score (nSPS) is 15.8. The average molecular weight is 516 g/mol. The summed E-state index contributed by atoms with van der Waals surface area (Å²) in [7, 11) is 0. The zero-order chi connectivity index (χ0) is 27.0. The van der Waals surface area contributed by atoms with Gasteiger partial charge in [0.05, 0.1) is 12.6 Å². The maximum Gasteiger partial charge on any atom is 0.278 e. The lowest BCUT2D eigenvalue weighted by Gasteiger charge is -2.34. The second-order valence-electron chi connectivity index (χ2n) is 9.91. The molecule has 0 bridgehead atoms. The van der Waals surface area contributed by atoms with Crippen LogP contribution in [-0.2, 0) is 6.54 Å². The van der Waals surface area contributed by atoms with Gasteiger partial charge in [0.1, 0.15) is 5.39 Å². The average Bonchev–Trinajstić information content (AvgIpc) is 3.15. The monoisotopic (exact) mass is 515 g/mol. The lowest BCUT2D eigenvalue weighted by atomic mass is 10.1. The Morgan fingerprint density at radius 3 is 2.76 bits per heavy atom. The van der Waals surface area contributed by atoms with E-state index in [4.69, 9.17) is 4.98 Å². The van der Waals surface area contributed by atoms with E-state index in [0.717, 1.165) is 30.9 Å². The van der Waals surface area contributed by atoms with Gasteiger partial charge in [-0.25, -0.2) is 19.0 Å². The number of hydrogen-bond donors (Lipinski definition) is 2. The largest absolute Gasteiger partial charge is 0.368 e. The summed E-state index contributed by atoms with van der Waals surface area (Å²) in [6.07, 6.45) is 3.15. The summed E-state index contributed by atoms with van der Waals surface area (Å²) < 4.78 is 4.49. The summed E-state index contributed by atoms with van der Waals surface area (Å²) in [6.45, 7) is 15.0. The summed E-state index contributed by atoms with van der Waals surface area (Å²) in [4.78, 5) is 37.0. The zero-order valence-corrected chi connectivity index (χ0v) is 22.2. The van der Waals surface area contributed by atoms with Gasteiger partial charge in [-0.1, -0.05) is 6.08 Å². The molecule has 1 atom stereocenters. The van der Waals surface area contributed by atoms with E-state index in [1.807, 2.05) is 19.9 Å². The van der Waals surface area contributed by atoms with Crippen molar-refractivity contribution in [3.63, 3.8) is 0 Å². The van der Waals surface area contributed by atoms with Crippen molar-refractivity contribution in [3.05, 3.63) is 75.5 Å². The van der Waals surface area contributed by atoms with E-state index in [1.54, 1.807) is 16.8 Å². The van der Waals surface area contributed by atoms with Gasteiger partial charge in [-0.05, 0) is 57.5 Å². The number of aryl methyl sites for hydroxylation is 1. The molecule has 5 rings (SSSR count). The van der Waals surface area contributed by atoms with Crippen molar-refractivity contribution in [2.45, 2.75) is 46.3 Å². The Kier molecular flexibility index (Phi) is 6.85. The standard InChI is InChI=1S/C27H33N9O2/c1-6-12-34-26(38)21-15-29-27(31-25(21)36(34)23-9-10-24(37)35(32-23)17(2)3)30-20-7-8-22(18(4)14-20)33-13-11-28-19(5)16-33/h6-10,14-15,17,19,28H,1,11-13,16H2,2-5H3,(H,29,30,31). The minimum atomic E-state index is -0.263. The van der Waals surface area contributed by atoms with Crippen LogP contribution in [0.5, 0.6) is 0 Å². The third-order valence-electron chi connectivity index (χ3n) is 6.66. The number of allylic oxidation sites excluding steroid dienone is 1. The van der Waals surface area contributed by atoms with Crippen molar-refractivity contribution in [2.75, 3.05) is 29.9 Å². The fourth-order valence-electron chi connectivity index (χ4n) is 4.87. The maximum absolute atomic E-state index is 13.2. The van der Waals surface area contributed by atoms with Gasteiger partial charge in [0.15, 0.2) is 11.5 Å². The Bertz CT molecular complexity index is 1620. The highest BCUT2D eigenvalue weighted by molar-refractivity contribution is 5.77. The molecule has 0 saturated carbocycles. The Morgan fingerprint density at radius 2 is 2.05 bits per heavy atom. The Morgan fingerprint density at radius 1 is 1.24 bits per heavy atom. The number of fused-ring (bicyclic) bond motifs is 1. The number of nitrogens with zero attached hydrogens (tertiary/aromatic N) is 7. The summed E-state index contributed by atoms with van der Waals surface area (Å²) in [6, 6.07) is 9.54. The molecule has 198 valence electrons. The fourth-order valence-corrected chi connectivity index (χ4v) is 4.87. The van der Waals surface area contributed by atoms with Gasteiger partial charge < -0.3 is 15.5 Å². The quantitative estimate of drug-likeness (QED) is 0.361. The van der Waals surface area contributed by atoms with Gasteiger partial charge in [-0.15, -0.1) is 11.7 Å². The van der Waals surface area contributed by atoms with Crippen LogP contribution in [-0.4, -0.2) is 54.8 Å². The molecule has 0 aliphatic carbocycles. The minimum absolute atomic E-state index is 0.147. The molecule has 11 nitrogen and oxygen atoms in total. The first-order valence-corrected chi connectivity index (χ1v) is 12.8. The maximum atomic E-state index is 13.2. The highest BCUT2D eigenvalue weighted by Crippen LogP contribution is 2.26. The van der Waals surface area contributed by atoms with Crippen molar-refractivity contribution in [2.24, 2.45) is 0 Å². The predicted molar refractivity (Wildman–Crippen MR) is 150 cm³/mol. The van der Waals surface area contributed by atoms with Gasteiger partial charge in [0.2, 0.25) is 5.95 Å². The van der Waals surface area contributed by atoms with Gasteiger partial charge in [0, 0.05) is 49.3 Å². The van der Waals surface area contributed by atoms with Crippen LogP contribution in [0.15, 0.2) is 58.8 Å². The molecule has 1 fully saturated rings. The van der Waals surface area contributed by atoms with Crippen molar-refractivity contribution < 1.29 is 0 Å². The smallest absolute Gasteiger partial charge is 0.278 e. The van der Waals surface area contributed by atoms with E-state index in [-0.39, 0.29) is 23.7 Å². The molecule has 1 unspecified atom stereocenters. The number of hydrogen-bond acceptors (Lipinski definition) is 8. The number of piperazine rings is 1. The molecule has 2 N–H and O–H groups in total. The van der Waals surface area contributed by atoms with Gasteiger partial charge in [-0.2, -0.15) is 4.98 Å². The minimum Gasteiger partial charge on any atom is -0.368 e. The van der Waals surface area contributed by atoms with Crippen molar-refractivity contribution in [3.8, 4) is 5.82 Å². The van der Waals surface area contributed by atoms with Gasteiger partial charge >= 0.3 is 0 Å². The fraction of sp³-hybridized carbons (Fsp3) is 0.370. The van der Waals surface area contributed by atoms with Crippen molar-refractivity contribution in [1.82, 2.24) is 34.4 Å². The predicted octanol–water partition coefficient (Wildman–Crippen LogP) is 2.76. The molecular weight excluding hydrogens is 482 g/mol. The lowest BCUT2D eigenvalue weighted by Crippen LogP contribution is -2.49. The highest BCUT2D eigenvalue weighted by Gasteiger charge is 2.20. The van der Waals surface area contributed by atoms with Crippen LogP contribution in [0.2, 0.25) is 0 Å². The van der Waals surface area contributed by atoms with Crippen LogP contribution in [0.4, 0.5) is 17.3 Å². The van der Waals surface area contributed by atoms with Crippen molar-refractivity contribution in [1.29, 1.82) is 0 Å². The van der Waals surface area contributed by atoms with Crippen LogP contribution < -0.4 is 26.7 Å². The van der Waals surface area contributed by atoms with E-state index in [9.17, 15) is 9.59 Å². The molecule has 0 amide bonds. The molecule has 3 aromatic heterocycles. The molecule has 0 spiro atoms. The van der Waals surface area contributed by atoms with Crippen LogP contribution in [0.1, 0.15) is 32.4 Å². The second kappa shape index (κ2) is 10.3. The topological polar surface area (TPSA) is 115 Å². The molecule has 1 aliphatic rings. The molecule has 1 aliphatic heterocycles. The lowest BCUT2D eigenvalue weighted by molar-refractivity contribution is 0.484. The number of aromatic nitrogens is 6. The third-order valence-corrected chi connectivity index (χ3v) is 6.66. The summed E-state index contributed by atoms with van der Waals surface area (Å²) >= 11 is 0. The molecule has 38 heavy (non-hydrogen) atoms. The zero-order valence-electron chi connectivity index (χ0n) is 22.2. The molecule has 4 heterocycles. The van der Waals surface area contributed by atoms with Crippen LogP contribution in [0, 0.1) is 6.92 Å². The Hall–Kier alpha value is -4.25. The summed E-state index contributed by atoms with van der Waals surface area (Å²) in [5.74, 6) is 0.754. The van der Waals surface area contributed by atoms with Crippen LogP contribution in [0.3, 0.4) is 0 Å². The number of benzene rings is 1. The molecule has 1 aromatic carbocycles. The first-order valence-electron chi connectivity index (χ1n) is 12.8. The number of rotatable bonds is 7. The van der Waals surface area contributed by atoms with E-state index in [0.29, 0.717) is 28.8 Å². The first kappa shape index (κ1) is 25.4. The molecule has 4 aromatic rings. The highest BCUT2D eigenvalue weighted by atomic mass is 16.1. The molecule has 11 heteroatoms. The van der Waals surface area contributed by atoms with Gasteiger partial charge in [-0.3, -0.25) is 9.59 Å². The second-order valence-corrected chi connectivity index (χ2v) is 9.91. The first-order chi connectivity index (χ1) is 18.3. The van der Waals surface area contributed by atoms with E-state index in [2.05, 4.69) is 58.2 Å². The summed E-state index contributed by atoms with van der Waals surface area (Å²) in [5, 5.41) is 11.6. The van der Waals surface area contributed by atoms with Crippen LogP contribution in [0.25, 0.3) is 16.9 Å². The number of anilines is 3. The Labute approximate surface area is 220 Å². The SMILES string of the molecule is C=CCn1c(=O)c2cnc(Nc3ccc(N4CCNC(C)C4)c(C)c3)nc2n1-c1ccc(=O)n(C(C)C)n1. The molecule has 1 saturated heterocycles. The molecule has 0 radical (unpaired) electrons. The molecular formula is C27H33N9O2. The number of nitrogens with one attached hydrogen (secondary N) is 2. The van der Waals surface area contributed by atoms with Gasteiger partial charge in [0.25, 0.3) is 11.1 Å². The van der Waals surface area contributed by atoms with E-state index in [1.165, 1.54) is 27.3 Å². The van der Waals surface area contributed by atoms with E-state index >= 15 is 0 Å². The van der Waals surface area contributed by atoms with Crippen LogP contribution >= 0.6 is 0 Å².